The van der Waals surface area contributed by atoms with Crippen LogP contribution in [0.25, 0.3) is 28.8 Å². The van der Waals surface area contributed by atoms with Crippen LogP contribution in [0.5, 0.6) is 0 Å². The van der Waals surface area contributed by atoms with Gasteiger partial charge in [0.25, 0.3) is 0 Å². The number of rotatable bonds is 1. The molecule has 1 aliphatic rings. The van der Waals surface area contributed by atoms with Crippen molar-refractivity contribution in [1.29, 1.82) is 0 Å². The van der Waals surface area contributed by atoms with Crippen molar-refractivity contribution in [2.75, 3.05) is 0 Å². The van der Waals surface area contributed by atoms with E-state index in [1.807, 2.05) is 40.8 Å². The third kappa shape index (κ3) is 1.53. The monoisotopic (exact) mass is 279 g/mol. The maximum Gasteiger partial charge on any atom is 0.123 e. The smallest absolute Gasteiger partial charge is 0.123 e. The van der Waals surface area contributed by atoms with Crippen molar-refractivity contribution in [2.45, 2.75) is 0 Å². The van der Waals surface area contributed by atoms with E-state index in [0.29, 0.717) is 5.15 Å². The first-order valence-corrected chi connectivity index (χ1v) is 6.69. The lowest BCUT2D eigenvalue weighted by molar-refractivity contribution is 0.941. The van der Waals surface area contributed by atoms with Gasteiger partial charge in [0.1, 0.15) is 17.2 Å². The number of hydrogen-bond donors (Lipinski definition) is 0. The molecular formula is C16H10ClN3. The van der Waals surface area contributed by atoms with E-state index in [1.54, 1.807) is 6.33 Å². The zero-order chi connectivity index (χ0) is 13.5. The van der Waals surface area contributed by atoms with Gasteiger partial charge >= 0.3 is 0 Å². The van der Waals surface area contributed by atoms with Crippen molar-refractivity contribution in [2.24, 2.45) is 0 Å². The minimum atomic E-state index is 0.664. The van der Waals surface area contributed by atoms with E-state index in [-0.39, 0.29) is 0 Å². The Bertz CT molecular complexity index is 860. The predicted octanol–water partition coefficient (Wildman–Crippen LogP) is 4.09. The summed E-state index contributed by atoms with van der Waals surface area (Å²) in [5.74, 6) is 0. The van der Waals surface area contributed by atoms with Gasteiger partial charge in [0.15, 0.2) is 0 Å². The highest BCUT2D eigenvalue weighted by Crippen LogP contribution is 2.38. The summed E-state index contributed by atoms with van der Waals surface area (Å²) in [6.07, 6.45) is 9.63. The molecule has 1 aromatic carbocycles. The third-order valence-electron chi connectivity index (χ3n) is 3.45. The molecule has 2 heterocycles. The molecule has 0 bridgehead atoms. The lowest BCUT2D eigenvalue weighted by atomic mass is 10.0. The summed E-state index contributed by atoms with van der Waals surface area (Å²) in [5.41, 5.74) is 5.01. The summed E-state index contributed by atoms with van der Waals surface area (Å²) < 4.78 is 1.89. The molecule has 0 radical (unpaired) electrons. The Labute approximate surface area is 120 Å². The van der Waals surface area contributed by atoms with Crippen LogP contribution in [-0.4, -0.2) is 14.6 Å². The zero-order valence-corrected chi connectivity index (χ0v) is 11.2. The zero-order valence-electron chi connectivity index (χ0n) is 10.5. The van der Waals surface area contributed by atoms with Crippen LogP contribution in [0.15, 0.2) is 48.8 Å². The molecule has 2 aromatic heterocycles. The van der Waals surface area contributed by atoms with Gasteiger partial charge in [0.2, 0.25) is 0 Å². The second-order valence-electron chi connectivity index (χ2n) is 4.60. The summed E-state index contributed by atoms with van der Waals surface area (Å²) in [5, 5.41) is 8.87. The first-order valence-electron chi connectivity index (χ1n) is 6.31. The molecule has 0 unspecified atom stereocenters. The van der Waals surface area contributed by atoms with E-state index >= 15 is 0 Å². The lowest BCUT2D eigenvalue weighted by Crippen LogP contribution is -1.94. The molecule has 0 amide bonds. The Balaban J connectivity index is 2.18. The number of allylic oxidation sites excluding steroid dienone is 2. The molecule has 0 atom stereocenters. The maximum absolute atomic E-state index is 6.57. The van der Waals surface area contributed by atoms with Crippen LogP contribution in [-0.2, 0) is 0 Å². The molecule has 0 fully saturated rings. The molecule has 0 N–H and O–H groups in total. The van der Waals surface area contributed by atoms with Crippen molar-refractivity contribution in [1.82, 2.24) is 14.6 Å². The van der Waals surface area contributed by atoms with Crippen LogP contribution < -0.4 is 0 Å². The number of aromatic nitrogens is 3. The molecule has 3 nitrogen and oxygen atoms in total. The molecule has 20 heavy (non-hydrogen) atoms. The normalized spacial score (nSPS) is 12.8. The van der Waals surface area contributed by atoms with E-state index in [2.05, 4.69) is 28.4 Å². The Morgan fingerprint density at radius 1 is 1.00 bits per heavy atom. The Hall–Kier alpha value is -2.39. The molecule has 0 saturated heterocycles. The topological polar surface area (TPSA) is 30.2 Å². The highest BCUT2D eigenvalue weighted by Gasteiger charge is 2.20. The number of halogens is 1. The molecule has 0 spiro atoms. The average molecular weight is 280 g/mol. The van der Waals surface area contributed by atoms with E-state index < -0.39 is 0 Å². The van der Waals surface area contributed by atoms with Crippen molar-refractivity contribution >= 4 is 29.3 Å². The number of benzene rings is 1. The maximum atomic E-state index is 6.57. The van der Waals surface area contributed by atoms with Gasteiger partial charge in [-0.25, -0.2) is 0 Å². The fourth-order valence-corrected chi connectivity index (χ4v) is 2.93. The second kappa shape index (κ2) is 4.32. The lowest BCUT2D eigenvalue weighted by Gasteiger charge is -2.01. The summed E-state index contributed by atoms with van der Waals surface area (Å²) in [6.45, 7) is 0. The largest absolute Gasteiger partial charge is 0.286 e. The SMILES string of the molecule is Clc1c(-c2ccccc2)c2c3c(nncn13)C=CC=C2. The molecule has 96 valence electrons. The molecule has 4 heteroatoms. The minimum Gasteiger partial charge on any atom is -0.286 e. The van der Waals surface area contributed by atoms with Crippen LogP contribution in [0.1, 0.15) is 11.3 Å². The Kier molecular flexibility index (Phi) is 2.47. The average Bonchev–Trinajstić information content (AvgIpc) is 2.64. The van der Waals surface area contributed by atoms with Crippen molar-refractivity contribution in [3.63, 3.8) is 0 Å². The van der Waals surface area contributed by atoms with E-state index in [9.17, 15) is 0 Å². The minimum absolute atomic E-state index is 0.664. The quantitative estimate of drug-likeness (QED) is 0.671. The van der Waals surface area contributed by atoms with Crippen LogP contribution in [0.4, 0.5) is 0 Å². The third-order valence-corrected chi connectivity index (χ3v) is 3.82. The van der Waals surface area contributed by atoms with Crippen molar-refractivity contribution < 1.29 is 0 Å². The van der Waals surface area contributed by atoms with Gasteiger partial charge < -0.3 is 0 Å². The molecule has 0 aliphatic heterocycles. The molecular weight excluding hydrogens is 270 g/mol. The molecule has 3 aromatic rings. The Morgan fingerprint density at radius 2 is 1.80 bits per heavy atom. The first kappa shape index (κ1) is 11.4. The fourth-order valence-electron chi connectivity index (χ4n) is 2.59. The molecule has 4 rings (SSSR count). The van der Waals surface area contributed by atoms with Crippen LogP contribution in [0, 0.1) is 0 Å². The van der Waals surface area contributed by atoms with Gasteiger partial charge in [-0.2, -0.15) is 0 Å². The van der Waals surface area contributed by atoms with E-state index in [4.69, 9.17) is 11.6 Å². The van der Waals surface area contributed by atoms with Gasteiger partial charge in [-0.1, -0.05) is 60.2 Å². The fraction of sp³-hybridized carbons (Fsp3) is 0. The van der Waals surface area contributed by atoms with Crippen molar-refractivity contribution in [3.05, 3.63) is 65.2 Å². The van der Waals surface area contributed by atoms with Gasteiger partial charge in [-0.05, 0) is 11.6 Å². The van der Waals surface area contributed by atoms with Gasteiger partial charge in [-0.15, -0.1) is 10.2 Å². The first-order chi connectivity index (χ1) is 9.86. The summed E-state index contributed by atoms with van der Waals surface area (Å²) in [7, 11) is 0. The number of nitrogens with zero attached hydrogens (tertiary/aromatic N) is 3. The van der Waals surface area contributed by atoms with E-state index in [0.717, 1.165) is 27.9 Å². The molecule has 0 saturated carbocycles. The number of hydrogen-bond acceptors (Lipinski definition) is 2. The van der Waals surface area contributed by atoms with Gasteiger partial charge in [-0.3, -0.25) is 4.40 Å². The second-order valence-corrected chi connectivity index (χ2v) is 4.96. The Morgan fingerprint density at radius 3 is 2.65 bits per heavy atom. The van der Waals surface area contributed by atoms with Crippen LogP contribution >= 0.6 is 11.6 Å². The van der Waals surface area contributed by atoms with Crippen molar-refractivity contribution in [3.8, 4) is 11.1 Å². The summed E-state index contributed by atoms with van der Waals surface area (Å²) in [4.78, 5) is 0. The summed E-state index contributed by atoms with van der Waals surface area (Å²) >= 11 is 6.57. The van der Waals surface area contributed by atoms with E-state index in [1.165, 1.54) is 0 Å². The highest BCUT2D eigenvalue weighted by molar-refractivity contribution is 6.33. The van der Waals surface area contributed by atoms with Gasteiger partial charge in [0, 0.05) is 11.1 Å². The highest BCUT2D eigenvalue weighted by atomic mass is 35.5. The summed E-state index contributed by atoms with van der Waals surface area (Å²) in [6, 6.07) is 10.1. The van der Waals surface area contributed by atoms with Crippen LogP contribution in [0.3, 0.4) is 0 Å². The predicted molar refractivity (Wildman–Crippen MR) is 81.5 cm³/mol. The van der Waals surface area contributed by atoms with Gasteiger partial charge in [0.05, 0.1) is 5.52 Å². The standard InChI is InChI=1S/C16H10ClN3/c17-16-14(11-6-2-1-3-7-11)12-8-4-5-9-13-15(12)20(16)10-18-19-13/h1-10H. The molecule has 1 aliphatic carbocycles. The van der Waals surface area contributed by atoms with Crippen LogP contribution in [0.2, 0.25) is 5.15 Å².